The monoisotopic (exact) mass is 449 g/mol. The van der Waals surface area contributed by atoms with Gasteiger partial charge in [0.15, 0.2) is 0 Å². The molecule has 0 aromatic heterocycles. The quantitative estimate of drug-likeness (QED) is 0.652. The molecule has 1 atom stereocenters. The number of hydrogen-bond acceptors (Lipinski definition) is 6. The first-order chi connectivity index (χ1) is 16.0. The fraction of sp³-hybridized carbons (Fsp3) is 0.333. The molecule has 3 aliphatic rings. The van der Waals surface area contributed by atoms with Gasteiger partial charge >= 0.3 is 6.09 Å². The standard InChI is InChI=1S/C24H23N3O6/c1-32-20-12-15(25-11-5-4-8-21(25)28)9-10-19(20)26-13-16(33-24(26)31)14-27-22(29)17-6-2-3-7-18(17)23(27)30/h2-3,6-7,9-10,12,16H,4-5,8,11,13-14H2,1H3. The van der Waals surface area contributed by atoms with Crippen molar-refractivity contribution in [2.24, 2.45) is 0 Å². The van der Waals surface area contributed by atoms with E-state index in [0.29, 0.717) is 35.5 Å². The molecule has 0 spiro atoms. The van der Waals surface area contributed by atoms with Crippen LogP contribution < -0.4 is 14.5 Å². The van der Waals surface area contributed by atoms with Crippen molar-refractivity contribution in [2.75, 3.05) is 36.5 Å². The first-order valence-electron chi connectivity index (χ1n) is 10.9. The Kier molecular flexibility index (Phi) is 5.24. The highest BCUT2D eigenvalue weighted by Gasteiger charge is 2.41. The first kappa shape index (κ1) is 21.0. The second kappa shape index (κ2) is 8.23. The molecule has 3 heterocycles. The normalized spacial score (nSPS) is 20.4. The van der Waals surface area contributed by atoms with Crippen molar-refractivity contribution < 1.29 is 28.7 Å². The third kappa shape index (κ3) is 3.59. The van der Waals surface area contributed by atoms with Crippen LogP contribution >= 0.6 is 0 Å². The van der Waals surface area contributed by atoms with Gasteiger partial charge in [-0.1, -0.05) is 12.1 Å². The van der Waals surface area contributed by atoms with E-state index in [1.807, 2.05) is 0 Å². The Bertz CT molecular complexity index is 1130. The fourth-order valence-corrected chi connectivity index (χ4v) is 4.56. The summed E-state index contributed by atoms with van der Waals surface area (Å²) in [6.07, 6.45) is 1.08. The second-order valence-corrected chi connectivity index (χ2v) is 8.24. The summed E-state index contributed by atoms with van der Waals surface area (Å²) in [4.78, 5) is 54.5. The van der Waals surface area contributed by atoms with E-state index in [1.54, 1.807) is 47.4 Å². The molecule has 170 valence electrons. The highest BCUT2D eigenvalue weighted by Crippen LogP contribution is 2.36. The molecule has 0 aliphatic carbocycles. The number of piperidine rings is 1. The number of benzene rings is 2. The summed E-state index contributed by atoms with van der Waals surface area (Å²) in [6, 6.07) is 11.9. The topological polar surface area (TPSA) is 96.5 Å². The number of anilines is 2. The van der Waals surface area contributed by atoms with E-state index in [2.05, 4.69) is 0 Å². The van der Waals surface area contributed by atoms with Crippen LogP contribution in [0.25, 0.3) is 0 Å². The molecule has 9 nitrogen and oxygen atoms in total. The molecule has 2 fully saturated rings. The Morgan fingerprint density at radius 2 is 1.70 bits per heavy atom. The lowest BCUT2D eigenvalue weighted by Crippen LogP contribution is -2.38. The van der Waals surface area contributed by atoms with Crippen LogP contribution in [0.1, 0.15) is 40.0 Å². The number of cyclic esters (lactones) is 1. The van der Waals surface area contributed by atoms with E-state index in [1.165, 1.54) is 12.0 Å². The molecule has 4 amide bonds. The minimum Gasteiger partial charge on any atom is -0.494 e. The lowest BCUT2D eigenvalue weighted by Gasteiger charge is -2.28. The third-order valence-corrected chi connectivity index (χ3v) is 6.23. The summed E-state index contributed by atoms with van der Waals surface area (Å²) in [5.74, 6) is -0.279. The van der Waals surface area contributed by atoms with Crippen LogP contribution in [-0.2, 0) is 9.53 Å². The average molecular weight is 449 g/mol. The summed E-state index contributed by atoms with van der Waals surface area (Å²) in [6.45, 7) is 0.775. The minimum absolute atomic E-state index is 0.0305. The minimum atomic E-state index is -0.673. The van der Waals surface area contributed by atoms with Gasteiger partial charge in [-0.2, -0.15) is 0 Å². The van der Waals surface area contributed by atoms with Crippen molar-refractivity contribution in [3.05, 3.63) is 53.6 Å². The summed E-state index contributed by atoms with van der Waals surface area (Å²) >= 11 is 0. The van der Waals surface area contributed by atoms with E-state index in [-0.39, 0.29) is 19.0 Å². The van der Waals surface area contributed by atoms with Crippen LogP contribution in [0, 0.1) is 0 Å². The average Bonchev–Trinajstić information content (AvgIpc) is 3.31. The van der Waals surface area contributed by atoms with Crippen molar-refractivity contribution in [3.63, 3.8) is 0 Å². The number of imide groups is 1. The Balaban J connectivity index is 1.33. The Morgan fingerprint density at radius 1 is 0.970 bits per heavy atom. The van der Waals surface area contributed by atoms with Crippen LogP contribution in [0.2, 0.25) is 0 Å². The van der Waals surface area contributed by atoms with E-state index < -0.39 is 24.0 Å². The number of ether oxygens (including phenoxy) is 2. The molecule has 2 aromatic rings. The number of amides is 4. The molecular formula is C24H23N3O6. The molecule has 0 radical (unpaired) electrons. The molecule has 2 aromatic carbocycles. The maximum absolute atomic E-state index is 12.6. The molecule has 5 rings (SSSR count). The predicted octanol–water partition coefficient (Wildman–Crippen LogP) is 2.83. The lowest BCUT2D eigenvalue weighted by molar-refractivity contribution is -0.119. The largest absolute Gasteiger partial charge is 0.494 e. The van der Waals surface area contributed by atoms with Gasteiger partial charge in [0.2, 0.25) is 5.91 Å². The zero-order valence-electron chi connectivity index (χ0n) is 18.2. The van der Waals surface area contributed by atoms with Gasteiger partial charge < -0.3 is 14.4 Å². The van der Waals surface area contributed by atoms with Gasteiger partial charge in [0.05, 0.1) is 37.0 Å². The third-order valence-electron chi connectivity index (χ3n) is 6.23. The van der Waals surface area contributed by atoms with Crippen LogP contribution in [0.3, 0.4) is 0 Å². The molecule has 1 unspecified atom stereocenters. The first-order valence-corrected chi connectivity index (χ1v) is 10.9. The smallest absolute Gasteiger partial charge is 0.414 e. The van der Waals surface area contributed by atoms with E-state index in [0.717, 1.165) is 23.4 Å². The summed E-state index contributed by atoms with van der Waals surface area (Å²) < 4.78 is 11.0. The summed E-state index contributed by atoms with van der Waals surface area (Å²) in [5, 5.41) is 0. The van der Waals surface area contributed by atoms with Gasteiger partial charge in [-0.05, 0) is 37.1 Å². The van der Waals surface area contributed by atoms with Gasteiger partial charge in [0, 0.05) is 24.7 Å². The molecule has 3 aliphatic heterocycles. The van der Waals surface area contributed by atoms with E-state index in [9.17, 15) is 19.2 Å². The molecule has 2 saturated heterocycles. The lowest BCUT2D eigenvalue weighted by atomic mass is 10.1. The molecule has 9 heteroatoms. The zero-order chi connectivity index (χ0) is 23.1. The van der Waals surface area contributed by atoms with Gasteiger partial charge in [-0.3, -0.25) is 24.2 Å². The number of carbonyl (C=O) groups excluding carboxylic acids is 4. The van der Waals surface area contributed by atoms with Crippen LogP contribution in [-0.4, -0.2) is 61.6 Å². The van der Waals surface area contributed by atoms with Crippen LogP contribution in [0.15, 0.2) is 42.5 Å². The van der Waals surface area contributed by atoms with Crippen molar-refractivity contribution in [3.8, 4) is 5.75 Å². The summed E-state index contributed by atoms with van der Waals surface area (Å²) in [7, 11) is 1.50. The van der Waals surface area contributed by atoms with Crippen molar-refractivity contribution in [1.82, 2.24) is 4.90 Å². The van der Waals surface area contributed by atoms with Crippen molar-refractivity contribution in [2.45, 2.75) is 25.4 Å². The molecule has 0 bridgehead atoms. The van der Waals surface area contributed by atoms with Crippen molar-refractivity contribution >= 4 is 35.2 Å². The number of rotatable bonds is 5. The van der Waals surface area contributed by atoms with Crippen LogP contribution in [0.4, 0.5) is 16.2 Å². The van der Waals surface area contributed by atoms with E-state index in [4.69, 9.17) is 9.47 Å². The Morgan fingerprint density at radius 3 is 2.36 bits per heavy atom. The Hall–Kier alpha value is -3.88. The number of fused-ring (bicyclic) bond motifs is 1. The van der Waals surface area contributed by atoms with Crippen LogP contribution in [0.5, 0.6) is 5.75 Å². The number of methoxy groups -OCH3 is 1. The van der Waals surface area contributed by atoms with Gasteiger partial charge in [-0.25, -0.2) is 4.79 Å². The molecule has 0 saturated carbocycles. The number of carbonyl (C=O) groups is 4. The summed E-state index contributed by atoms with van der Waals surface area (Å²) in [5.41, 5.74) is 1.93. The molecular weight excluding hydrogens is 426 g/mol. The van der Waals surface area contributed by atoms with Gasteiger partial charge in [-0.15, -0.1) is 0 Å². The molecule has 0 N–H and O–H groups in total. The maximum Gasteiger partial charge on any atom is 0.414 e. The fourth-order valence-electron chi connectivity index (χ4n) is 4.56. The zero-order valence-corrected chi connectivity index (χ0v) is 18.2. The van der Waals surface area contributed by atoms with Gasteiger partial charge in [0.25, 0.3) is 11.8 Å². The number of hydrogen-bond donors (Lipinski definition) is 0. The predicted molar refractivity (Wildman–Crippen MR) is 119 cm³/mol. The van der Waals surface area contributed by atoms with Crippen molar-refractivity contribution in [1.29, 1.82) is 0 Å². The van der Waals surface area contributed by atoms with E-state index >= 15 is 0 Å². The highest BCUT2D eigenvalue weighted by molar-refractivity contribution is 6.21. The highest BCUT2D eigenvalue weighted by atomic mass is 16.6. The second-order valence-electron chi connectivity index (χ2n) is 8.24. The molecule has 33 heavy (non-hydrogen) atoms. The van der Waals surface area contributed by atoms with Gasteiger partial charge in [0.1, 0.15) is 11.9 Å². The number of nitrogens with zero attached hydrogens (tertiary/aromatic N) is 3. The SMILES string of the molecule is COc1cc(N2CCCCC2=O)ccc1N1CC(CN2C(=O)c3ccccc3C2=O)OC1=O. The Labute approximate surface area is 190 Å². The maximum atomic E-state index is 12.6.